The van der Waals surface area contributed by atoms with Crippen LogP contribution in [0.2, 0.25) is 0 Å². The monoisotopic (exact) mass is 184 g/mol. The van der Waals surface area contributed by atoms with Gasteiger partial charge >= 0.3 is 0 Å². The van der Waals surface area contributed by atoms with Crippen molar-refractivity contribution in [3.63, 3.8) is 0 Å². The van der Waals surface area contributed by atoms with Crippen LogP contribution in [0.5, 0.6) is 0 Å². The maximum Gasteiger partial charge on any atom is 0.291 e. The minimum absolute atomic E-state index is 0.964. The van der Waals surface area contributed by atoms with Gasteiger partial charge in [0.05, 0.1) is 0 Å². The van der Waals surface area contributed by atoms with E-state index in [2.05, 4.69) is 25.7 Å². The van der Waals surface area contributed by atoms with Gasteiger partial charge in [-0.25, -0.2) is 0 Å². The molecule has 0 unspecified atom stereocenters. The van der Waals surface area contributed by atoms with Crippen LogP contribution < -0.4 is 0 Å². The molecule has 0 aromatic rings. The molecule has 13 heavy (non-hydrogen) atoms. The number of hydrogen-bond donors (Lipinski definition) is 1. The summed E-state index contributed by atoms with van der Waals surface area (Å²) < 4.78 is 0. The Bertz CT molecular complexity index is 242. The quantitative estimate of drug-likeness (QED) is 0.496. The molecule has 5 nitrogen and oxygen atoms in total. The standard InChI is InChI=1S/C8H11N.HNO3/c1-3-9-6-4-8(2)5-7-9;2-1(3)4/h3-6H,1,7H2,2H3;(H,2,3,4). The minimum Gasteiger partial charge on any atom is -0.351 e. The van der Waals surface area contributed by atoms with Crippen molar-refractivity contribution in [2.75, 3.05) is 6.54 Å². The smallest absolute Gasteiger partial charge is 0.291 e. The fraction of sp³-hybridized carbons (Fsp3) is 0.250. The Morgan fingerprint density at radius 2 is 2.38 bits per heavy atom. The van der Waals surface area contributed by atoms with Crippen LogP contribution in [0.15, 0.2) is 36.7 Å². The van der Waals surface area contributed by atoms with Crippen molar-refractivity contribution in [2.45, 2.75) is 6.92 Å². The van der Waals surface area contributed by atoms with Crippen molar-refractivity contribution in [1.29, 1.82) is 0 Å². The van der Waals surface area contributed by atoms with Crippen LogP contribution in [0.3, 0.4) is 0 Å². The molecule has 0 aliphatic carbocycles. The third kappa shape index (κ3) is 6.61. The van der Waals surface area contributed by atoms with Crippen molar-refractivity contribution >= 4 is 0 Å². The van der Waals surface area contributed by atoms with E-state index < -0.39 is 5.09 Å². The van der Waals surface area contributed by atoms with Crippen LogP contribution in [0.25, 0.3) is 0 Å². The van der Waals surface area contributed by atoms with E-state index in [9.17, 15) is 0 Å². The van der Waals surface area contributed by atoms with E-state index in [1.54, 1.807) is 0 Å². The van der Waals surface area contributed by atoms with Crippen molar-refractivity contribution in [3.8, 4) is 0 Å². The van der Waals surface area contributed by atoms with Crippen molar-refractivity contribution in [2.24, 2.45) is 0 Å². The molecular weight excluding hydrogens is 172 g/mol. The lowest BCUT2D eigenvalue weighted by atomic mass is 10.2. The molecule has 0 fully saturated rings. The first-order valence-corrected chi connectivity index (χ1v) is 3.62. The zero-order valence-electron chi connectivity index (χ0n) is 7.38. The molecule has 1 aliphatic heterocycles. The first-order chi connectivity index (χ1) is 6.06. The Kier molecular flexibility index (Phi) is 5.02. The van der Waals surface area contributed by atoms with E-state index >= 15 is 0 Å². The molecule has 1 aliphatic rings. The zero-order valence-corrected chi connectivity index (χ0v) is 7.38. The molecule has 0 aromatic heterocycles. The van der Waals surface area contributed by atoms with E-state index in [1.807, 2.05) is 17.3 Å². The second-order valence-electron chi connectivity index (χ2n) is 2.38. The Morgan fingerprint density at radius 1 is 1.85 bits per heavy atom. The Morgan fingerprint density at radius 3 is 2.69 bits per heavy atom. The summed E-state index contributed by atoms with van der Waals surface area (Å²) in [5.74, 6) is 0. The molecule has 0 radical (unpaired) electrons. The molecule has 0 amide bonds. The SMILES string of the molecule is C=CN1C=CC(C)=CC1.O=[N+]([O-])O. The summed E-state index contributed by atoms with van der Waals surface area (Å²) in [6.45, 7) is 6.71. The van der Waals surface area contributed by atoms with Crippen LogP contribution in [-0.4, -0.2) is 21.7 Å². The molecule has 1 rings (SSSR count). The number of allylic oxidation sites excluding steroid dienone is 2. The van der Waals surface area contributed by atoms with Gasteiger partial charge in [-0.1, -0.05) is 18.2 Å². The molecule has 5 heteroatoms. The molecule has 0 spiro atoms. The van der Waals surface area contributed by atoms with Crippen LogP contribution in [0, 0.1) is 10.1 Å². The Balaban J connectivity index is 0.000000310. The summed E-state index contributed by atoms with van der Waals surface area (Å²) >= 11 is 0. The maximum absolute atomic E-state index is 8.36. The van der Waals surface area contributed by atoms with Gasteiger partial charge in [-0.3, -0.25) is 0 Å². The molecule has 0 atom stereocenters. The average molecular weight is 184 g/mol. The minimum atomic E-state index is -1.50. The molecule has 0 saturated heterocycles. The first-order valence-electron chi connectivity index (χ1n) is 3.62. The summed E-state index contributed by atoms with van der Waals surface area (Å²) in [5.41, 5.74) is 1.33. The third-order valence-electron chi connectivity index (χ3n) is 1.39. The lowest BCUT2D eigenvalue weighted by molar-refractivity contribution is -0.742. The number of nitrogens with zero attached hydrogens (tertiary/aromatic N) is 2. The molecule has 0 saturated carbocycles. The fourth-order valence-electron chi connectivity index (χ4n) is 0.727. The van der Waals surface area contributed by atoms with E-state index in [-0.39, 0.29) is 0 Å². The zero-order chi connectivity index (χ0) is 10.3. The highest BCUT2D eigenvalue weighted by Gasteiger charge is 1.94. The molecule has 1 heterocycles. The first kappa shape index (κ1) is 11.2. The van der Waals surface area contributed by atoms with Gasteiger partial charge in [-0.05, 0) is 19.2 Å². The van der Waals surface area contributed by atoms with Crippen LogP contribution in [0.1, 0.15) is 6.92 Å². The maximum atomic E-state index is 8.36. The highest BCUT2D eigenvalue weighted by atomic mass is 16.9. The fourth-order valence-corrected chi connectivity index (χ4v) is 0.727. The van der Waals surface area contributed by atoms with Gasteiger partial charge in [0.25, 0.3) is 5.09 Å². The van der Waals surface area contributed by atoms with Crippen LogP contribution >= 0.6 is 0 Å². The predicted octanol–water partition coefficient (Wildman–Crippen LogP) is 1.56. The molecule has 1 N–H and O–H groups in total. The van der Waals surface area contributed by atoms with Gasteiger partial charge in [0.15, 0.2) is 0 Å². The highest BCUT2D eigenvalue weighted by Crippen LogP contribution is 2.04. The summed E-state index contributed by atoms with van der Waals surface area (Å²) in [4.78, 5) is 10.4. The summed E-state index contributed by atoms with van der Waals surface area (Å²) in [5, 5.41) is 13.6. The summed E-state index contributed by atoms with van der Waals surface area (Å²) in [6.07, 6.45) is 8.09. The van der Waals surface area contributed by atoms with Crippen molar-refractivity contribution < 1.29 is 10.3 Å². The second-order valence-corrected chi connectivity index (χ2v) is 2.38. The van der Waals surface area contributed by atoms with Crippen molar-refractivity contribution in [1.82, 2.24) is 4.90 Å². The largest absolute Gasteiger partial charge is 0.351 e. The molecule has 0 aromatic carbocycles. The van der Waals surface area contributed by atoms with Gasteiger partial charge < -0.3 is 10.1 Å². The normalized spacial score (nSPS) is 13.9. The van der Waals surface area contributed by atoms with E-state index in [0.29, 0.717) is 0 Å². The van der Waals surface area contributed by atoms with Gasteiger partial charge in [-0.2, -0.15) is 0 Å². The van der Waals surface area contributed by atoms with Gasteiger partial charge in [0.2, 0.25) is 0 Å². The lowest BCUT2D eigenvalue weighted by Crippen LogP contribution is -2.11. The van der Waals surface area contributed by atoms with Gasteiger partial charge in [0, 0.05) is 12.7 Å². The average Bonchev–Trinajstić information content (AvgIpc) is 2.05. The van der Waals surface area contributed by atoms with E-state index in [4.69, 9.17) is 15.3 Å². The molecule has 0 bridgehead atoms. The second kappa shape index (κ2) is 5.82. The third-order valence-corrected chi connectivity index (χ3v) is 1.39. The van der Waals surface area contributed by atoms with E-state index in [1.165, 1.54) is 5.57 Å². The van der Waals surface area contributed by atoms with Gasteiger partial charge in [-0.15, -0.1) is 10.1 Å². The van der Waals surface area contributed by atoms with Gasteiger partial charge in [0.1, 0.15) is 0 Å². The summed E-state index contributed by atoms with van der Waals surface area (Å²) in [7, 11) is 0. The molecule has 72 valence electrons. The molecular formula is C8H12N2O3. The topological polar surface area (TPSA) is 66.6 Å². The Labute approximate surface area is 76.4 Å². The lowest BCUT2D eigenvalue weighted by Gasteiger charge is -2.15. The van der Waals surface area contributed by atoms with Crippen LogP contribution in [0.4, 0.5) is 0 Å². The highest BCUT2D eigenvalue weighted by molar-refractivity contribution is 5.20. The predicted molar refractivity (Wildman–Crippen MR) is 48.6 cm³/mol. The number of hydrogen-bond acceptors (Lipinski definition) is 3. The summed E-state index contributed by atoms with van der Waals surface area (Å²) in [6, 6.07) is 0. The van der Waals surface area contributed by atoms with Crippen LogP contribution in [-0.2, 0) is 0 Å². The van der Waals surface area contributed by atoms with E-state index in [0.717, 1.165) is 6.54 Å². The Hall–Kier alpha value is -1.78. The van der Waals surface area contributed by atoms with Crippen molar-refractivity contribution in [3.05, 3.63) is 46.8 Å². The number of rotatable bonds is 1.